The first kappa shape index (κ1) is 7.89. The third-order valence-electron chi connectivity index (χ3n) is 1.00. The molecule has 2 heteroatoms. The van der Waals surface area contributed by atoms with Crippen LogP contribution in [0.25, 0.3) is 0 Å². The molecule has 0 aromatic carbocycles. The fourth-order valence-corrected chi connectivity index (χ4v) is 0.457. The summed E-state index contributed by atoms with van der Waals surface area (Å²) in [6.45, 7) is 3.13. The lowest BCUT2D eigenvalue weighted by Gasteiger charge is -2.02. The summed E-state index contributed by atoms with van der Waals surface area (Å²) in [6, 6.07) is 0. The van der Waals surface area contributed by atoms with E-state index in [1.807, 2.05) is 0 Å². The number of halogens is 1. The Morgan fingerprint density at radius 2 is 2.25 bits per heavy atom. The predicted octanol–water partition coefficient (Wildman–Crippen LogP) is 1.32. The summed E-state index contributed by atoms with van der Waals surface area (Å²) in [4.78, 5) is 0. The second kappa shape index (κ2) is 5.04. The average molecular weight is 119 g/mol. The molecule has 0 aromatic rings. The molecule has 0 bridgehead atoms. The largest absolute Gasteiger partial charge is 0.393 e. The molecule has 0 aromatic heterocycles. The quantitative estimate of drug-likeness (QED) is 0.591. The van der Waals surface area contributed by atoms with Gasteiger partial charge in [0.25, 0.3) is 0 Å². The van der Waals surface area contributed by atoms with E-state index in [4.69, 9.17) is 5.11 Å². The lowest BCUT2D eigenvalue weighted by molar-refractivity contribution is 0.160. The summed E-state index contributed by atoms with van der Waals surface area (Å²) < 4.78 is 11.4. The fraction of sp³-hybridized carbons (Fsp3) is 0.833. The summed E-state index contributed by atoms with van der Waals surface area (Å²) in [5.74, 6) is 0. The van der Waals surface area contributed by atoms with Crippen LogP contribution in [0.3, 0.4) is 0 Å². The van der Waals surface area contributed by atoms with E-state index >= 15 is 0 Å². The van der Waals surface area contributed by atoms with Gasteiger partial charge in [0.1, 0.15) is 0 Å². The van der Waals surface area contributed by atoms with Crippen LogP contribution in [0.5, 0.6) is 0 Å². The highest BCUT2D eigenvalue weighted by Crippen LogP contribution is 1.99. The van der Waals surface area contributed by atoms with Crippen molar-refractivity contribution < 1.29 is 9.50 Å². The molecular weight excluding hydrogens is 107 g/mol. The first-order chi connectivity index (χ1) is 3.81. The van der Waals surface area contributed by atoms with Gasteiger partial charge in [0, 0.05) is 0 Å². The van der Waals surface area contributed by atoms with Crippen LogP contribution in [0.2, 0.25) is 0 Å². The van der Waals surface area contributed by atoms with Gasteiger partial charge in [0.15, 0.2) is 0 Å². The highest BCUT2D eigenvalue weighted by Gasteiger charge is 1.97. The van der Waals surface area contributed by atoms with Gasteiger partial charge in [-0.05, 0) is 19.3 Å². The van der Waals surface area contributed by atoms with Crippen LogP contribution < -0.4 is 0 Å². The maximum Gasteiger partial charge on any atom is 0.0895 e. The van der Waals surface area contributed by atoms with Crippen LogP contribution in [0.1, 0.15) is 19.3 Å². The van der Waals surface area contributed by atoms with E-state index in [-0.39, 0.29) is 6.67 Å². The Morgan fingerprint density at radius 1 is 1.62 bits per heavy atom. The van der Waals surface area contributed by atoms with Gasteiger partial charge in [0.05, 0.1) is 12.8 Å². The highest BCUT2D eigenvalue weighted by molar-refractivity contribution is 4.55. The molecule has 1 unspecified atom stereocenters. The Bertz CT molecular complexity index is 47.8. The molecule has 0 aliphatic carbocycles. The number of aliphatic hydroxyl groups is 1. The maximum absolute atomic E-state index is 11.4. The van der Waals surface area contributed by atoms with Gasteiger partial charge in [-0.1, -0.05) is 6.92 Å². The smallest absolute Gasteiger partial charge is 0.0895 e. The third kappa shape index (κ3) is 4.06. The molecule has 1 N–H and O–H groups in total. The Labute approximate surface area is 49.5 Å². The second-order valence-electron chi connectivity index (χ2n) is 1.77. The van der Waals surface area contributed by atoms with Crippen molar-refractivity contribution in [1.29, 1.82) is 0 Å². The molecule has 0 fully saturated rings. The molecule has 8 heavy (non-hydrogen) atoms. The zero-order valence-electron chi connectivity index (χ0n) is 4.94. The first-order valence-corrected chi connectivity index (χ1v) is 2.84. The number of aliphatic hydroxyl groups excluding tert-OH is 1. The third-order valence-corrected chi connectivity index (χ3v) is 1.00. The summed E-state index contributed by atoms with van der Waals surface area (Å²) >= 11 is 0. The van der Waals surface area contributed by atoms with Crippen LogP contribution in [-0.2, 0) is 0 Å². The molecule has 0 saturated carbocycles. The van der Waals surface area contributed by atoms with Crippen molar-refractivity contribution >= 4 is 0 Å². The number of alkyl halides is 1. The van der Waals surface area contributed by atoms with Crippen molar-refractivity contribution in [1.82, 2.24) is 0 Å². The summed E-state index contributed by atoms with van der Waals surface area (Å²) in [5, 5.41) is 8.76. The number of hydrogen-bond donors (Lipinski definition) is 1. The Hall–Kier alpha value is -0.110. The maximum atomic E-state index is 11.4. The van der Waals surface area contributed by atoms with Crippen molar-refractivity contribution in [2.45, 2.75) is 25.4 Å². The normalized spacial score (nSPS) is 13.9. The monoisotopic (exact) mass is 119 g/mol. The second-order valence-corrected chi connectivity index (χ2v) is 1.77. The highest BCUT2D eigenvalue weighted by atomic mass is 19.1. The molecule has 0 heterocycles. The molecule has 1 nitrogen and oxygen atoms in total. The van der Waals surface area contributed by atoms with Gasteiger partial charge >= 0.3 is 0 Å². The summed E-state index contributed by atoms with van der Waals surface area (Å²) in [7, 11) is 0. The first-order valence-electron chi connectivity index (χ1n) is 2.84. The van der Waals surface area contributed by atoms with Crippen molar-refractivity contribution in [2.75, 3.05) is 6.67 Å². The van der Waals surface area contributed by atoms with Gasteiger partial charge in [-0.25, -0.2) is 0 Å². The van der Waals surface area contributed by atoms with Gasteiger partial charge in [0.2, 0.25) is 0 Å². The van der Waals surface area contributed by atoms with E-state index in [0.29, 0.717) is 19.3 Å². The van der Waals surface area contributed by atoms with Crippen molar-refractivity contribution in [3.05, 3.63) is 6.92 Å². The summed E-state index contributed by atoms with van der Waals surface area (Å²) in [5.41, 5.74) is 0. The molecule has 1 radical (unpaired) electrons. The minimum Gasteiger partial charge on any atom is -0.393 e. The minimum absolute atomic E-state index is 0.336. The van der Waals surface area contributed by atoms with E-state index in [0.717, 1.165) is 0 Å². The molecule has 0 amide bonds. The van der Waals surface area contributed by atoms with E-state index in [9.17, 15) is 4.39 Å². The fourth-order valence-electron chi connectivity index (χ4n) is 0.457. The van der Waals surface area contributed by atoms with Crippen LogP contribution in [0, 0.1) is 6.92 Å². The summed E-state index contributed by atoms with van der Waals surface area (Å²) in [6.07, 6.45) is 1.09. The molecule has 49 valence electrons. The minimum atomic E-state index is -0.397. The predicted molar refractivity (Wildman–Crippen MR) is 31.2 cm³/mol. The average Bonchev–Trinajstić information content (AvgIpc) is 1.83. The molecule has 1 atom stereocenters. The van der Waals surface area contributed by atoms with Crippen LogP contribution >= 0.6 is 0 Å². The molecule has 0 rings (SSSR count). The Kier molecular flexibility index (Phi) is 4.97. The lowest BCUT2D eigenvalue weighted by atomic mass is 10.2. The Balaban J connectivity index is 2.86. The van der Waals surface area contributed by atoms with Crippen LogP contribution in [0.4, 0.5) is 4.39 Å². The van der Waals surface area contributed by atoms with Crippen molar-refractivity contribution in [3.63, 3.8) is 0 Å². The van der Waals surface area contributed by atoms with E-state index < -0.39 is 6.10 Å². The van der Waals surface area contributed by atoms with Gasteiger partial charge in [-0.3, -0.25) is 4.39 Å². The van der Waals surface area contributed by atoms with Gasteiger partial charge < -0.3 is 5.11 Å². The molecule has 0 aliphatic rings. The van der Waals surface area contributed by atoms with E-state index in [1.54, 1.807) is 0 Å². The molecule has 0 spiro atoms. The SMILES string of the molecule is [CH2]CC(O)CCCF. The standard InChI is InChI=1S/C6H12FO/c1-2-6(8)4-3-5-7/h6,8H,1-5H2. The molecular formula is C6H12FO. The van der Waals surface area contributed by atoms with Crippen LogP contribution in [-0.4, -0.2) is 17.9 Å². The Morgan fingerprint density at radius 3 is 2.62 bits per heavy atom. The van der Waals surface area contributed by atoms with E-state index in [1.165, 1.54) is 0 Å². The zero-order valence-corrected chi connectivity index (χ0v) is 4.94. The number of rotatable bonds is 4. The van der Waals surface area contributed by atoms with Crippen LogP contribution in [0.15, 0.2) is 0 Å². The van der Waals surface area contributed by atoms with Crippen molar-refractivity contribution in [2.24, 2.45) is 0 Å². The lowest BCUT2D eigenvalue weighted by Crippen LogP contribution is -2.03. The number of hydrogen-bond acceptors (Lipinski definition) is 1. The van der Waals surface area contributed by atoms with E-state index in [2.05, 4.69) is 6.92 Å². The zero-order chi connectivity index (χ0) is 6.41. The van der Waals surface area contributed by atoms with Gasteiger partial charge in [-0.2, -0.15) is 0 Å². The van der Waals surface area contributed by atoms with Crippen molar-refractivity contribution in [3.8, 4) is 0 Å². The topological polar surface area (TPSA) is 20.2 Å². The molecule has 0 aliphatic heterocycles. The van der Waals surface area contributed by atoms with Gasteiger partial charge in [-0.15, -0.1) is 0 Å². The molecule has 0 saturated heterocycles.